The number of benzene rings is 1. The number of hydrogen-bond acceptors (Lipinski definition) is 4. The van der Waals surface area contributed by atoms with E-state index in [1.165, 1.54) is 7.11 Å². The quantitative estimate of drug-likeness (QED) is 0.784. The van der Waals surface area contributed by atoms with Gasteiger partial charge in [0, 0.05) is 0 Å². The van der Waals surface area contributed by atoms with Gasteiger partial charge in [-0.1, -0.05) is 6.07 Å². The molecule has 1 unspecified atom stereocenters. The monoisotopic (exact) mass is 235 g/mol. The summed E-state index contributed by atoms with van der Waals surface area (Å²) in [6.07, 6.45) is -0.910. The lowest BCUT2D eigenvalue weighted by Crippen LogP contribution is -2.38. The maximum absolute atomic E-state index is 11.6. The number of esters is 1. The van der Waals surface area contributed by atoms with E-state index in [1.54, 1.807) is 6.07 Å². The van der Waals surface area contributed by atoms with Crippen LogP contribution >= 0.6 is 0 Å². The molecule has 5 nitrogen and oxygen atoms in total. The summed E-state index contributed by atoms with van der Waals surface area (Å²) in [6.45, 7) is 1.93. The Labute approximate surface area is 98.7 Å². The van der Waals surface area contributed by atoms with Crippen molar-refractivity contribution in [2.75, 3.05) is 12.4 Å². The maximum atomic E-state index is 11.6. The molecule has 17 heavy (non-hydrogen) atoms. The average Bonchev–Trinajstić information content (AvgIpc) is 2.30. The molecule has 1 amide bonds. The summed E-state index contributed by atoms with van der Waals surface area (Å²) < 4.78 is 10.00. The Morgan fingerprint density at radius 1 is 1.53 bits per heavy atom. The van der Waals surface area contributed by atoms with Crippen molar-refractivity contribution in [2.24, 2.45) is 0 Å². The van der Waals surface area contributed by atoms with Gasteiger partial charge in [-0.05, 0) is 24.6 Å². The molecule has 0 spiro atoms. The van der Waals surface area contributed by atoms with Crippen LogP contribution in [0.2, 0.25) is 0 Å². The second kappa shape index (κ2) is 4.45. The second-order valence-electron chi connectivity index (χ2n) is 3.88. The van der Waals surface area contributed by atoms with Crippen molar-refractivity contribution in [3.05, 3.63) is 23.8 Å². The van der Waals surface area contributed by atoms with E-state index in [9.17, 15) is 9.59 Å². The first-order valence-electron chi connectivity index (χ1n) is 5.25. The molecule has 1 aromatic rings. The zero-order valence-electron chi connectivity index (χ0n) is 9.65. The van der Waals surface area contributed by atoms with Crippen molar-refractivity contribution in [3.63, 3.8) is 0 Å². The number of aryl methyl sites for hydroxylation is 1. The molecule has 0 radical (unpaired) electrons. The van der Waals surface area contributed by atoms with Gasteiger partial charge in [-0.2, -0.15) is 0 Å². The first-order chi connectivity index (χ1) is 8.10. The smallest absolute Gasteiger partial charge is 0.309 e. The van der Waals surface area contributed by atoms with Crippen LogP contribution in [0.1, 0.15) is 12.0 Å². The molecule has 90 valence electrons. The fourth-order valence-electron chi connectivity index (χ4n) is 1.62. The fourth-order valence-corrected chi connectivity index (χ4v) is 1.62. The maximum Gasteiger partial charge on any atom is 0.309 e. The topological polar surface area (TPSA) is 64.6 Å². The van der Waals surface area contributed by atoms with Gasteiger partial charge in [-0.3, -0.25) is 9.59 Å². The first-order valence-corrected chi connectivity index (χ1v) is 5.25. The Hall–Kier alpha value is -2.04. The van der Waals surface area contributed by atoms with Gasteiger partial charge in [0.25, 0.3) is 5.91 Å². The average molecular weight is 235 g/mol. The molecule has 0 saturated carbocycles. The second-order valence-corrected chi connectivity index (χ2v) is 3.88. The summed E-state index contributed by atoms with van der Waals surface area (Å²) in [7, 11) is 1.28. The van der Waals surface area contributed by atoms with Gasteiger partial charge in [-0.15, -0.1) is 0 Å². The van der Waals surface area contributed by atoms with Gasteiger partial charge < -0.3 is 14.8 Å². The number of hydrogen-bond donors (Lipinski definition) is 1. The molecule has 0 aromatic heterocycles. The number of carbonyl (C=O) groups excluding carboxylic acids is 2. The Morgan fingerprint density at radius 2 is 2.29 bits per heavy atom. The van der Waals surface area contributed by atoms with E-state index in [0.29, 0.717) is 11.4 Å². The highest BCUT2D eigenvalue weighted by molar-refractivity contribution is 5.99. The van der Waals surface area contributed by atoms with Crippen molar-refractivity contribution >= 4 is 17.6 Å². The number of rotatable bonds is 2. The Kier molecular flexibility index (Phi) is 2.99. The molecule has 1 heterocycles. The fraction of sp³-hybridized carbons (Fsp3) is 0.333. The number of anilines is 1. The third kappa shape index (κ3) is 2.38. The van der Waals surface area contributed by atoms with Crippen molar-refractivity contribution < 1.29 is 19.1 Å². The number of ether oxygens (including phenoxy) is 2. The molecule has 5 heteroatoms. The van der Waals surface area contributed by atoms with E-state index in [4.69, 9.17) is 4.74 Å². The minimum absolute atomic E-state index is 0.0876. The number of methoxy groups -OCH3 is 1. The Bertz CT molecular complexity index is 470. The molecule has 0 saturated heterocycles. The van der Waals surface area contributed by atoms with Crippen LogP contribution in [0.25, 0.3) is 0 Å². The number of nitrogens with one attached hydrogen (secondary N) is 1. The third-order valence-electron chi connectivity index (χ3n) is 2.54. The zero-order chi connectivity index (χ0) is 12.4. The number of carbonyl (C=O) groups is 2. The van der Waals surface area contributed by atoms with E-state index in [-0.39, 0.29) is 12.3 Å². The summed E-state index contributed by atoms with van der Waals surface area (Å²) in [4.78, 5) is 22.8. The highest BCUT2D eigenvalue weighted by Crippen LogP contribution is 2.31. The molecule has 1 N–H and O–H groups in total. The van der Waals surface area contributed by atoms with Crippen LogP contribution in [0.3, 0.4) is 0 Å². The van der Waals surface area contributed by atoms with E-state index in [1.807, 2.05) is 19.1 Å². The third-order valence-corrected chi connectivity index (χ3v) is 2.54. The van der Waals surface area contributed by atoms with E-state index >= 15 is 0 Å². The van der Waals surface area contributed by atoms with E-state index in [2.05, 4.69) is 10.1 Å². The van der Waals surface area contributed by atoms with Crippen molar-refractivity contribution in [1.29, 1.82) is 0 Å². The Morgan fingerprint density at radius 3 is 3.00 bits per heavy atom. The van der Waals surface area contributed by atoms with Crippen LogP contribution in [0, 0.1) is 6.92 Å². The predicted molar refractivity (Wildman–Crippen MR) is 60.9 cm³/mol. The lowest BCUT2D eigenvalue weighted by atomic mass is 10.1. The zero-order valence-corrected chi connectivity index (χ0v) is 9.65. The lowest BCUT2D eigenvalue weighted by Gasteiger charge is -2.25. The van der Waals surface area contributed by atoms with Crippen LogP contribution in [0.4, 0.5) is 5.69 Å². The van der Waals surface area contributed by atoms with Crippen molar-refractivity contribution in [2.45, 2.75) is 19.4 Å². The molecule has 2 rings (SSSR count). The molecular weight excluding hydrogens is 222 g/mol. The molecule has 1 atom stereocenters. The van der Waals surface area contributed by atoms with E-state index in [0.717, 1.165) is 5.56 Å². The van der Waals surface area contributed by atoms with Crippen LogP contribution in [-0.2, 0) is 14.3 Å². The van der Waals surface area contributed by atoms with Gasteiger partial charge >= 0.3 is 5.97 Å². The standard InChI is InChI=1S/C12H13NO4/c1-7-3-4-8-9(5-7)17-10(12(15)13-8)6-11(14)16-2/h3-5,10H,6H2,1-2H3,(H,13,15). The summed E-state index contributed by atoms with van der Waals surface area (Å²) >= 11 is 0. The molecule has 0 aliphatic carbocycles. The van der Waals surface area contributed by atoms with Gasteiger partial charge in [-0.25, -0.2) is 0 Å². The lowest BCUT2D eigenvalue weighted by molar-refractivity contribution is -0.145. The minimum atomic E-state index is -0.822. The van der Waals surface area contributed by atoms with Crippen LogP contribution in [-0.4, -0.2) is 25.1 Å². The highest BCUT2D eigenvalue weighted by Gasteiger charge is 2.29. The first kappa shape index (κ1) is 11.4. The summed E-state index contributed by atoms with van der Waals surface area (Å²) in [6, 6.07) is 5.47. The Balaban J connectivity index is 2.19. The molecule has 0 fully saturated rings. The molecular formula is C12H13NO4. The largest absolute Gasteiger partial charge is 0.478 e. The van der Waals surface area contributed by atoms with Crippen LogP contribution < -0.4 is 10.1 Å². The SMILES string of the molecule is COC(=O)CC1Oc2cc(C)ccc2NC1=O. The van der Waals surface area contributed by atoms with Crippen molar-refractivity contribution in [1.82, 2.24) is 0 Å². The van der Waals surface area contributed by atoms with Crippen molar-refractivity contribution in [3.8, 4) is 5.75 Å². The number of amides is 1. The molecule has 1 aliphatic rings. The molecule has 1 aliphatic heterocycles. The van der Waals surface area contributed by atoms with Crippen LogP contribution in [0.15, 0.2) is 18.2 Å². The van der Waals surface area contributed by atoms with Gasteiger partial charge in [0.2, 0.25) is 0 Å². The normalized spacial score (nSPS) is 17.8. The van der Waals surface area contributed by atoms with Crippen LogP contribution in [0.5, 0.6) is 5.75 Å². The van der Waals surface area contributed by atoms with Gasteiger partial charge in [0.15, 0.2) is 6.10 Å². The molecule has 1 aromatic carbocycles. The predicted octanol–water partition coefficient (Wildman–Crippen LogP) is 1.26. The number of fused-ring (bicyclic) bond motifs is 1. The minimum Gasteiger partial charge on any atom is -0.478 e. The summed E-state index contributed by atoms with van der Waals surface area (Å²) in [5, 5.41) is 2.69. The summed E-state index contributed by atoms with van der Waals surface area (Å²) in [5.74, 6) is -0.216. The summed E-state index contributed by atoms with van der Waals surface area (Å²) in [5.41, 5.74) is 1.65. The van der Waals surface area contributed by atoms with Gasteiger partial charge in [0.05, 0.1) is 19.2 Å². The molecule has 0 bridgehead atoms. The van der Waals surface area contributed by atoms with Gasteiger partial charge in [0.1, 0.15) is 5.75 Å². The van der Waals surface area contributed by atoms with E-state index < -0.39 is 12.1 Å². The highest BCUT2D eigenvalue weighted by atomic mass is 16.5.